The molecule has 1 aromatic heterocycles. The zero-order valence-corrected chi connectivity index (χ0v) is 8.01. The SMILES string of the molecule is Cl.Nc1[nH]ncc1-c1ccccc1F. The number of nitrogen functional groups attached to an aromatic ring is 1. The quantitative estimate of drug-likeness (QED) is 0.763. The van der Waals surface area contributed by atoms with Crippen LogP contribution in [-0.4, -0.2) is 10.2 Å². The van der Waals surface area contributed by atoms with Crippen molar-refractivity contribution in [3.63, 3.8) is 0 Å². The number of rotatable bonds is 1. The first-order valence-corrected chi connectivity index (χ1v) is 3.83. The number of anilines is 1. The number of hydrogen-bond donors (Lipinski definition) is 2. The lowest BCUT2D eigenvalue weighted by molar-refractivity contribution is 0.631. The summed E-state index contributed by atoms with van der Waals surface area (Å²) in [6, 6.07) is 6.44. The smallest absolute Gasteiger partial charge is 0.131 e. The van der Waals surface area contributed by atoms with E-state index in [1.54, 1.807) is 18.2 Å². The van der Waals surface area contributed by atoms with Crippen LogP contribution in [0.2, 0.25) is 0 Å². The third-order valence-corrected chi connectivity index (χ3v) is 1.83. The van der Waals surface area contributed by atoms with E-state index < -0.39 is 0 Å². The second-order valence-electron chi connectivity index (χ2n) is 2.68. The fourth-order valence-corrected chi connectivity index (χ4v) is 1.19. The summed E-state index contributed by atoms with van der Waals surface area (Å²) >= 11 is 0. The Labute approximate surface area is 86.5 Å². The number of nitrogens with two attached hydrogens (primary N) is 1. The highest BCUT2D eigenvalue weighted by molar-refractivity contribution is 5.85. The molecular weight excluding hydrogens is 205 g/mol. The minimum absolute atomic E-state index is 0. The van der Waals surface area contributed by atoms with Crippen LogP contribution < -0.4 is 5.73 Å². The van der Waals surface area contributed by atoms with E-state index in [2.05, 4.69) is 10.2 Å². The van der Waals surface area contributed by atoms with Gasteiger partial charge in [0.1, 0.15) is 11.6 Å². The average Bonchev–Trinajstić information content (AvgIpc) is 2.52. The van der Waals surface area contributed by atoms with Crippen molar-refractivity contribution in [3.8, 4) is 11.1 Å². The first-order valence-electron chi connectivity index (χ1n) is 3.83. The topological polar surface area (TPSA) is 54.7 Å². The Morgan fingerprint density at radius 2 is 1.93 bits per heavy atom. The minimum atomic E-state index is -0.296. The van der Waals surface area contributed by atoms with Crippen molar-refractivity contribution in [1.29, 1.82) is 0 Å². The molecule has 3 nitrogen and oxygen atoms in total. The van der Waals surface area contributed by atoms with Crippen molar-refractivity contribution in [3.05, 3.63) is 36.3 Å². The largest absolute Gasteiger partial charge is 0.384 e. The Morgan fingerprint density at radius 1 is 1.21 bits per heavy atom. The summed E-state index contributed by atoms with van der Waals surface area (Å²) in [6.45, 7) is 0. The molecule has 2 aromatic rings. The second kappa shape index (κ2) is 4.11. The van der Waals surface area contributed by atoms with Gasteiger partial charge in [-0.1, -0.05) is 18.2 Å². The molecule has 0 aliphatic carbocycles. The molecule has 74 valence electrons. The van der Waals surface area contributed by atoms with Crippen molar-refractivity contribution in [2.75, 3.05) is 5.73 Å². The van der Waals surface area contributed by atoms with Crippen molar-refractivity contribution < 1.29 is 4.39 Å². The van der Waals surface area contributed by atoms with Gasteiger partial charge >= 0.3 is 0 Å². The standard InChI is InChI=1S/C9H8FN3.ClH/c10-8-4-2-1-3-6(8)7-5-12-13-9(7)11;/h1-5H,(H3,11,12,13);1H. The van der Waals surface area contributed by atoms with Crippen molar-refractivity contribution >= 4 is 18.2 Å². The monoisotopic (exact) mass is 213 g/mol. The molecule has 0 bridgehead atoms. The molecule has 1 aromatic carbocycles. The van der Waals surface area contributed by atoms with Crippen molar-refractivity contribution in [2.24, 2.45) is 0 Å². The lowest BCUT2D eigenvalue weighted by atomic mass is 10.1. The number of hydrogen-bond acceptors (Lipinski definition) is 2. The summed E-state index contributed by atoms with van der Waals surface area (Å²) < 4.78 is 13.2. The Hall–Kier alpha value is -1.55. The van der Waals surface area contributed by atoms with Gasteiger partial charge in [-0.3, -0.25) is 5.10 Å². The van der Waals surface area contributed by atoms with E-state index in [-0.39, 0.29) is 18.2 Å². The van der Waals surface area contributed by atoms with Gasteiger partial charge in [-0.2, -0.15) is 5.10 Å². The average molecular weight is 214 g/mol. The Morgan fingerprint density at radius 3 is 2.50 bits per heavy atom. The van der Waals surface area contributed by atoms with E-state index >= 15 is 0 Å². The number of aromatic nitrogens is 2. The zero-order valence-electron chi connectivity index (χ0n) is 7.20. The van der Waals surface area contributed by atoms with Crippen LogP contribution in [0.25, 0.3) is 11.1 Å². The van der Waals surface area contributed by atoms with Crippen molar-refractivity contribution in [2.45, 2.75) is 0 Å². The fraction of sp³-hybridized carbons (Fsp3) is 0. The molecule has 0 saturated heterocycles. The molecule has 0 fully saturated rings. The number of aromatic amines is 1. The summed E-state index contributed by atoms with van der Waals surface area (Å²) in [5.74, 6) is 0.0840. The summed E-state index contributed by atoms with van der Waals surface area (Å²) in [7, 11) is 0. The highest BCUT2D eigenvalue weighted by Gasteiger charge is 2.08. The number of halogens is 2. The van der Waals surface area contributed by atoms with E-state index in [0.29, 0.717) is 16.9 Å². The van der Waals surface area contributed by atoms with Gasteiger partial charge in [0.2, 0.25) is 0 Å². The van der Waals surface area contributed by atoms with E-state index in [1.807, 2.05) is 0 Å². The third-order valence-electron chi connectivity index (χ3n) is 1.83. The van der Waals surface area contributed by atoms with E-state index in [9.17, 15) is 4.39 Å². The lowest BCUT2D eigenvalue weighted by Crippen LogP contribution is -1.89. The molecule has 3 N–H and O–H groups in total. The van der Waals surface area contributed by atoms with Gasteiger partial charge < -0.3 is 5.73 Å². The maximum atomic E-state index is 13.2. The fourth-order valence-electron chi connectivity index (χ4n) is 1.19. The van der Waals surface area contributed by atoms with Crippen molar-refractivity contribution in [1.82, 2.24) is 10.2 Å². The molecule has 2 rings (SSSR count). The van der Waals surface area contributed by atoms with Crippen LogP contribution in [0.4, 0.5) is 10.2 Å². The van der Waals surface area contributed by atoms with Gasteiger partial charge in [0.25, 0.3) is 0 Å². The van der Waals surface area contributed by atoms with Crippen LogP contribution >= 0.6 is 12.4 Å². The molecule has 0 unspecified atom stereocenters. The summed E-state index contributed by atoms with van der Waals surface area (Å²) in [5.41, 5.74) is 6.62. The maximum absolute atomic E-state index is 13.2. The first kappa shape index (κ1) is 10.5. The minimum Gasteiger partial charge on any atom is -0.384 e. The van der Waals surface area contributed by atoms with Gasteiger partial charge in [-0.15, -0.1) is 12.4 Å². The van der Waals surface area contributed by atoms with E-state index in [0.717, 1.165) is 0 Å². The number of H-pyrrole nitrogens is 1. The van der Waals surface area contributed by atoms with Gasteiger partial charge in [0.15, 0.2) is 0 Å². The van der Waals surface area contributed by atoms with Crippen LogP contribution in [0.3, 0.4) is 0 Å². The van der Waals surface area contributed by atoms with Crippen LogP contribution in [0.15, 0.2) is 30.5 Å². The number of benzene rings is 1. The normalized spacial score (nSPS) is 9.50. The molecule has 0 saturated carbocycles. The maximum Gasteiger partial charge on any atom is 0.131 e. The van der Waals surface area contributed by atoms with E-state index in [1.165, 1.54) is 12.3 Å². The molecule has 14 heavy (non-hydrogen) atoms. The molecule has 0 aliphatic heterocycles. The van der Waals surface area contributed by atoms with Crippen LogP contribution in [-0.2, 0) is 0 Å². The van der Waals surface area contributed by atoms with Gasteiger partial charge in [0.05, 0.1) is 6.20 Å². The zero-order chi connectivity index (χ0) is 9.26. The molecular formula is C9H9ClFN3. The third kappa shape index (κ3) is 1.70. The number of nitrogens with one attached hydrogen (secondary N) is 1. The van der Waals surface area contributed by atoms with Gasteiger partial charge in [-0.05, 0) is 6.07 Å². The lowest BCUT2D eigenvalue weighted by Gasteiger charge is -1.99. The van der Waals surface area contributed by atoms with Crippen LogP contribution in [0, 0.1) is 5.82 Å². The molecule has 0 amide bonds. The first-order chi connectivity index (χ1) is 6.29. The molecule has 5 heteroatoms. The second-order valence-corrected chi connectivity index (χ2v) is 2.68. The Kier molecular flexibility index (Phi) is 3.09. The summed E-state index contributed by atoms with van der Waals surface area (Å²) in [5, 5.41) is 6.28. The predicted molar refractivity (Wildman–Crippen MR) is 55.6 cm³/mol. The highest BCUT2D eigenvalue weighted by atomic mass is 35.5. The van der Waals surface area contributed by atoms with Crippen LogP contribution in [0.5, 0.6) is 0 Å². The van der Waals surface area contributed by atoms with Gasteiger partial charge in [0, 0.05) is 11.1 Å². The molecule has 1 heterocycles. The summed E-state index contributed by atoms with van der Waals surface area (Å²) in [4.78, 5) is 0. The highest BCUT2D eigenvalue weighted by Crippen LogP contribution is 2.25. The predicted octanol–water partition coefficient (Wildman–Crippen LogP) is 2.22. The van der Waals surface area contributed by atoms with Crippen LogP contribution in [0.1, 0.15) is 0 Å². The van der Waals surface area contributed by atoms with Gasteiger partial charge in [-0.25, -0.2) is 4.39 Å². The molecule has 0 spiro atoms. The Balaban J connectivity index is 0.000000980. The molecule has 0 atom stereocenters. The van der Waals surface area contributed by atoms with E-state index in [4.69, 9.17) is 5.73 Å². The Bertz CT molecular complexity index is 428. The summed E-state index contributed by atoms with van der Waals surface area (Å²) in [6.07, 6.45) is 1.51. The molecule has 0 radical (unpaired) electrons. The number of nitrogens with zero attached hydrogens (tertiary/aromatic N) is 1. The molecule has 0 aliphatic rings.